The van der Waals surface area contributed by atoms with Gasteiger partial charge >= 0.3 is 0 Å². The van der Waals surface area contributed by atoms with Crippen molar-refractivity contribution in [3.05, 3.63) is 35.6 Å². The number of carbonyl (C=O) groups excluding carboxylic acids is 1. The predicted octanol–water partition coefficient (Wildman–Crippen LogP) is 1.77. The molecule has 2 rings (SSSR count). The molecule has 1 atom stereocenters. The molecule has 24 heavy (non-hydrogen) atoms. The van der Waals surface area contributed by atoms with Gasteiger partial charge in [-0.3, -0.25) is 9.69 Å². The van der Waals surface area contributed by atoms with Crippen LogP contribution in [0.3, 0.4) is 0 Å². The third kappa shape index (κ3) is 7.32. The monoisotopic (exact) mass is 381 g/mol. The molecule has 0 bridgehead atoms. The molecule has 1 fully saturated rings. The summed E-state index contributed by atoms with van der Waals surface area (Å²) in [6, 6.07) is 6.55. The van der Waals surface area contributed by atoms with E-state index in [1.807, 2.05) is 7.05 Å². The number of rotatable bonds is 7. The average molecular weight is 382 g/mol. The molecule has 5 nitrogen and oxygen atoms in total. The Morgan fingerprint density at radius 2 is 1.88 bits per heavy atom. The summed E-state index contributed by atoms with van der Waals surface area (Å²) >= 11 is 0. The topological polar surface area (TPSA) is 53.6 Å². The maximum Gasteiger partial charge on any atom is 0.221 e. The van der Waals surface area contributed by atoms with Crippen LogP contribution in [-0.2, 0) is 9.53 Å². The van der Waals surface area contributed by atoms with Gasteiger partial charge in [0.25, 0.3) is 0 Å². The summed E-state index contributed by atoms with van der Waals surface area (Å²) < 4.78 is 18.5. The number of nitrogens with zero attached hydrogens (tertiary/aromatic N) is 1. The van der Waals surface area contributed by atoms with Crippen LogP contribution in [0.2, 0.25) is 0 Å². The van der Waals surface area contributed by atoms with Gasteiger partial charge in [0.2, 0.25) is 5.91 Å². The number of hydrogen-bond acceptors (Lipinski definition) is 4. The van der Waals surface area contributed by atoms with Gasteiger partial charge in [0.05, 0.1) is 19.3 Å². The molecule has 0 radical (unpaired) electrons. The van der Waals surface area contributed by atoms with Crippen molar-refractivity contribution < 1.29 is 13.9 Å². The van der Waals surface area contributed by atoms with Crippen molar-refractivity contribution in [3.8, 4) is 0 Å². The van der Waals surface area contributed by atoms with E-state index < -0.39 is 0 Å². The maximum atomic E-state index is 13.1. The minimum absolute atomic E-state index is 0. The van der Waals surface area contributed by atoms with Gasteiger partial charge < -0.3 is 15.4 Å². The lowest BCUT2D eigenvalue weighted by Crippen LogP contribution is -2.44. The summed E-state index contributed by atoms with van der Waals surface area (Å²) in [5.41, 5.74) is 1.01. The summed E-state index contributed by atoms with van der Waals surface area (Å²) in [5.74, 6) is -0.225. The molecule has 1 unspecified atom stereocenters. The number of morpholine rings is 1. The van der Waals surface area contributed by atoms with Gasteiger partial charge in [0, 0.05) is 32.6 Å². The Kier molecular flexibility index (Phi) is 12.0. The minimum Gasteiger partial charge on any atom is -0.379 e. The zero-order chi connectivity index (χ0) is 15.8. The first-order valence-corrected chi connectivity index (χ1v) is 7.69. The van der Waals surface area contributed by atoms with E-state index in [0.29, 0.717) is 32.7 Å². The summed E-state index contributed by atoms with van der Waals surface area (Å²) in [6.45, 7) is 4.18. The van der Waals surface area contributed by atoms with Crippen LogP contribution in [0.5, 0.6) is 0 Å². The lowest BCUT2D eigenvalue weighted by atomic mass is 10.0. The second-order valence-corrected chi connectivity index (χ2v) is 5.37. The molecule has 0 aromatic heterocycles. The first-order chi connectivity index (χ1) is 10.7. The van der Waals surface area contributed by atoms with Crippen LogP contribution < -0.4 is 10.6 Å². The Morgan fingerprint density at radius 3 is 2.46 bits per heavy atom. The maximum absolute atomic E-state index is 13.1. The highest BCUT2D eigenvalue weighted by molar-refractivity contribution is 5.85. The van der Waals surface area contributed by atoms with Crippen LogP contribution in [0, 0.1) is 5.82 Å². The quantitative estimate of drug-likeness (QED) is 0.755. The van der Waals surface area contributed by atoms with Crippen molar-refractivity contribution in [1.29, 1.82) is 0 Å². The van der Waals surface area contributed by atoms with E-state index in [1.165, 1.54) is 12.1 Å². The molecule has 0 spiro atoms. The van der Waals surface area contributed by atoms with Gasteiger partial charge in [-0.05, 0) is 24.7 Å². The molecule has 8 heteroatoms. The van der Waals surface area contributed by atoms with Crippen molar-refractivity contribution >= 4 is 30.7 Å². The molecule has 1 aliphatic heterocycles. The van der Waals surface area contributed by atoms with Gasteiger partial charge in [-0.15, -0.1) is 24.8 Å². The van der Waals surface area contributed by atoms with E-state index in [0.717, 1.165) is 18.7 Å². The average Bonchev–Trinajstić information content (AvgIpc) is 2.55. The fourth-order valence-corrected chi connectivity index (χ4v) is 2.57. The SMILES string of the molecule is CNCCC(=O)NCC(c1ccc(F)cc1)N1CCOCC1.Cl.Cl. The zero-order valence-electron chi connectivity index (χ0n) is 13.8. The van der Waals surface area contributed by atoms with Crippen LogP contribution in [0.4, 0.5) is 4.39 Å². The normalized spacial score (nSPS) is 15.8. The second kappa shape index (κ2) is 12.4. The van der Waals surface area contributed by atoms with Crippen molar-refractivity contribution in [2.75, 3.05) is 46.4 Å². The smallest absolute Gasteiger partial charge is 0.221 e. The van der Waals surface area contributed by atoms with Crippen molar-refractivity contribution in [1.82, 2.24) is 15.5 Å². The van der Waals surface area contributed by atoms with Crippen molar-refractivity contribution in [3.63, 3.8) is 0 Å². The lowest BCUT2D eigenvalue weighted by molar-refractivity contribution is -0.121. The number of halogens is 3. The molecular weight excluding hydrogens is 356 g/mol. The predicted molar refractivity (Wildman–Crippen MR) is 97.6 cm³/mol. The number of carbonyl (C=O) groups is 1. The standard InChI is InChI=1S/C16H24FN3O2.2ClH/c1-18-7-6-16(21)19-12-15(20-8-10-22-11-9-20)13-2-4-14(17)5-3-13;;/h2-5,15,18H,6-12H2,1H3,(H,19,21);2*1H. The van der Waals surface area contributed by atoms with Gasteiger partial charge in [-0.1, -0.05) is 12.1 Å². The van der Waals surface area contributed by atoms with Crippen LogP contribution in [0.25, 0.3) is 0 Å². The third-order valence-electron chi connectivity index (χ3n) is 3.84. The Balaban J connectivity index is 0.00000264. The summed E-state index contributed by atoms with van der Waals surface area (Å²) in [5, 5.41) is 5.93. The van der Waals surface area contributed by atoms with Crippen LogP contribution >= 0.6 is 24.8 Å². The number of hydrogen-bond donors (Lipinski definition) is 2. The summed E-state index contributed by atoms with van der Waals surface area (Å²) in [4.78, 5) is 14.1. The second-order valence-electron chi connectivity index (χ2n) is 5.37. The van der Waals surface area contributed by atoms with Crippen LogP contribution in [-0.4, -0.2) is 57.2 Å². The lowest BCUT2D eigenvalue weighted by Gasteiger charge is -2.35. The van der Waals surface area contributed by atoms with E-state index in [2.05, 4.69) is 15.5 Å². The number of amides is 1. The van der Waals surface area contributed by atoms with Gasteiger partial charge in [-0.2, -0.15) is 0 Å². The minimum atomic E-state index is -0.248. The molecule has 138 valence electrons. The highest BCUT2D eigenvalue weighted by Crippen LogP contribution is 2.21. The number of nitrogens with one attached hydrogen (secondary N) is 2. The molecular formula is C16H26Cl2FN3O2. The van der Waals surface area contributed by atoms with E-state index in [1.54, 1.807) is 12.1 Å². The highest BCUT2D eigenvalue weighted by atomic mass is 35.5. The van der Waals surface area contributed by atoms with Crippen LogP contribution in [0.1, 0.15) is 18.0 Å². The molecule has 0 aliphatic carbocycles. The van der Waals surface area contributed by atoms with Gasteiger partial charge in [0.1, 0.15) is 5.82 Å². The molecule has 1 amide bonds. The Bertz CT molecular complexity index is 471. The fraction of sp³-hybridized carbons (Fsp3) is 0.562. The van der Waals surface area contributed by atoms with Gasteiger partial charge in [-0.25, -0.2) is 4.39 Å². The fourth-order valence-electron chi connectivity index (χ4n) is 2.57. The Hall–Kier alpha value is -0.920. The molecule has 1 aromatic rings. The highest BCUT2D eigenvalue weighted by Gasteiger charge is 2.23. The van der Waals surface area contributed by atoms with E-state index in [-0.39, 0.29) is 42.6 Å². The number of benzene rings is 1. The zero-order valence-corrected chi connectivity index (χ0v) is 15.4. The van der Waals surface area contributed by atoms with E-state index in [9.17, 15) is 9.18 Å². The molecule has 1 aromatic carbocycles. The van der Waals surface area contributed by atoms with Crippen molar-refractivity contribution in [2.45, 2.75) is 12.5 Å². The molecule has 0 saturated carbocycles. The molecule has 1 heterocycles. The van der Waals surface area contributed by atoms with E-state index >= 15 is 0 Å². The summed E-state index contributed by atoms with van der Waals surface area (Å²) in [6.07, 6.45) is 0.454. The number of ether oxygens (including phenoxy) is 1. The van der Waals surface area contributed by atoms with Crippen molar-refractivity contribution in [2.24, 2.45) is 0 Å². The Labute approximate surface area is 155 Å². The van der Waals surface area contributed by atoms with Crippen LogP contribution in [0.15, 0.2) is 24.3 Å². The molecule has 1 saturated heterocycles. The largest absolute Gasteiger partial charge is 0.379 e. The van der Waals surface area contributed by atoms with E-state index in [4.69, 9.17) is 4.74 Å². The molecule has 1 aliphatic rings. The first kappa shape index (κ1) is 23.1. The Morgan fingerprint density at radius 1 is 1.25 bits per heavy atom. The molecule has 2 N–H and O–H groups in total. The summed E-state index contributed by atoms with van der Waals surface area (Å²) in [7, 11) is 1.82. The third-order valence-corrected chi connectivity index (χ3v) is 3.84. The van der Waals surface area contributed by atoms with Gasteiger partial charge in [0.15, 0.2) is 0 Å². The first-order valence-electron chi connectivity index (χ1n) is 7.69.